The van der Waals surface area contributed by atoms with Crippen molar-refractivity contribution in [2.75, 3.05) is 72.2 Å². The van der Waals surface area contributed by atoms with Crippen LogP contribution in [0.4, 0.5) is 0 Å². The Balaban J connectivity index is 2.25. The van der Waals surface area contributed by atoms with E-state index in [1.807, 2.05) is 0 Å². The van der Waals surface area contributed by atoms with Gasteiger partial charge in [-0.25, -0.2) is 0 Å². The van der Waals surface area contributed by atoms with Crippen molar-refractivity contribution >= 4 is 29.5 Å². The molecule has 19 atom stereocenters. The molecule has 2 fully saturated rings. The van der Waals surface area contributed by atoms with Gasteiger partial charge in [-0.05, 0) is 12.8 Å². The van der Waals surface area contributed by atoms with Gasteiger partial charge in [0, 0.05) is 58.7 Å². The van der Waals surface area contributed by atoms with E-state index in [1.54, 1.807) is 0 Å². The number of unbranched alkanes of at least 4 members (excludes halogenated alkanes) is 20. The van der Waals surface area contributed by atoms with Crippen LogP contribution in [0.1, 0.15) is 168 Å². The topological polar surface area (TPSA) is 509 Å². The molecule has 0 aromatic heterocycles. The van der Waals surface area contributed by atoms with Crippen molar-refractivity contribution in [2.24, 2.45) is 0 Å². The first-order valence-corrected chi connectivity index (χ1v) is 33.4. The number of nitrogens with one attached hydrogen (secondary N) is 5. The summed E-state index contributed by atoms with van der Waals surface area (Å²) in [6.45, 7) is -1.25. The highest BCUT2D eigenvalue weighted by molar-refractivity contribution is 5.88. The molecule has 0 aromatic carbocycles. The molecule has 0 spiro atoms. The first kappa shape index (κ1) is 84.6. The summed E-state index contributed by atoms with van der Waals surface area (Å²) < 4.78 is 21.3. The van der Waals surface area contributed by atoms with Gasteiger partial charge in [-0.15, -0.1) is 0 Å². The standard InChI is InChI=1S/C61H116N6O25/c1-3-5-7-9-11-13-15-17-19-21-23-25-43(74)65-33-38(66-44(75)26-24-22-20-18-16-14-12-10-8-6-4-2)57(86)62-27-30-67(31-28-63-58(87)51(82)49(80)55(39(72)34-68)91-60-53(84)47(78)45(76)41(36-70)89-60)32-29-64-59(88)52(83)50(81)56(40(73)35-69)92-61-54(85)48(79)46(77)42(37-71)90-61/h38-42,45-56,60-61,68-73,76-85H,3-37H2,1-2H3,(H,62,86)(H,63,87)(H,64,88)(H,65,74)(H,66,75)/t38?,39?,40?,41-,42-,45+,46+,47+,48+,49?,50?,51?,52?,53-,54-,55?,56?,60+,61+/m1/s1. The van der Waals surface area contributed by atoms with Crippen LogP contribution in [0.3, 0.4) is 0 Å². The third-order valence-corrected chi connectivity index (χ3v) is 16.6. The molecule has 92 heavy (non-hydrogen) atoms. The average molecular weight is 1330 g/mol. The maximum Gasteiger partial charge on any atom is 0.251 e. The smallest absolute Gasteiger partial charge is 0.251 e. The van der Waals surface area contributed by atoms with Crippen LogP contribution in [0.25, 0.3) is 0 Å². The van der Waals surface area contributed by atoms with Crippen molar-refractivity contribution in [3.63, 3.8) is 0 Å². The summed E-state index contributed by atoms with van der Waals surface area (Å²) in [5, 5.41) is 179. The number of aliphatic hydroxyl groups is 16. The molecular formula is C61H116N6O25. The van der Waals surface area contributed by atoms with Crippen LogP contribution < -0.4 is 26.6 Å². The van der Waals surface area contributed by atoms with E-state index in [0.717, 1.165) is 57.8 Å². The van der Waals surface area contributed by atoms with Gasteiger partial charge in [-0.1, -0.05) is 142 Å². The lowest BCUT2D eigenvalue weighted by molar-refractivity contribution is -0.326. The van der Waals surface area contributed by atoms with Crippen LogP contribution in [-0.4, -0.2) is 305 Å². The Labute approximate surface area is 540 Å². The van der Waals surface area contributed by atoms with Crippen molar-refractivity contribution < 1.29 is 125 Å². The van der Waals surface area contributed by atoms with Gasteiger partial charge in [0.25, 0.3) is 11.8 Å². The Morgan fingerprint density at radius 3 is 1.09 bits per heavy atom. The van der Waals surface area contributed by atoms with Crippen LogP contribution >= 0.6 is 0 Å². The molecule has 0 aliphatic carbocycles. The van der Waals surface area contributed by atoms with Gasteiger partial charge in [0.05, 0.1) is 26.4 Å². The molecule has 5 amide bonds. The van der Waals surface area contributed by atoms with Crippen molar-refractivity contribution in [1.82, 2.24) is 31.5 Å². The van der Waals surface area contributed by atoms with E-state index in [-0.39, 0.29) is 64.6 Å². The summed E-state index contributed by atoms with van der Waals surface area (Å²) in [7, 11) is 0. The molecular weight excluding hydrogens is 1220 g/mol. The summed E-state index contributed by atoms with van der Waals surface area (Å²) in [6, 6.07) is -1.21. The minimum atomic E-state index is -2.44. The predicted molar refractivity (Wildman–Crippen MR) is 330 cm³/mol. The summed E-state index contributed by atoms with van der Waals surface area (Å²) >= 11 is 0. The fraction of sp³-hybridized carbons (Fsp3) is 0.918. The molecule has 31 heteroatoms. The lowest BCUT2D eigenvalue weighted by Crippen LogP contribution is -2.62. The van der Waals surface area contributed by atoms with Gasteiger partial charge in [-0.3, -0.25) is 28.9 Å². The second-order valence-corrected chi connectivity index (χ2v) is 24.2. The van der Waals surface area contributed by atoms with Crippen LogP contribution in [0.2, 0.25) is 0 Å². The fourth-order valence-corrected chi connectivity index (χ4v) is 10.7. The van der Waals surface area contributed by atoms with Crippen LogP contribution in [0.15, 0.2) is 0 Å². The molecule has 0 aromatic rings. The van der Waals surface area contributed by atoms with Crippen molar-refractivity contribution in [2.45, 2.75) is 284 Å². The second-order valence-electron chi connectivity index (χ2n) is 24.2. The number of ether oxygens (including phenoxy) is 4. The summed E-state index contributed by atoms with van der Waals surface area (Å²) in [6.07, 6.45) is -12.4. The monoisotopic (exact) mass is 1330 g/mol. The lowest BCUT2D eigenvalue weighted by atomic mass is 9.98. The molecule has 0 radical (unpaired) electrons. The van der Waals surface area contributed by atoms with Gasteiger partial charge >= 0.3 is 0 Å². The number of carbonyl (C=O) groups excluding carboxylic acids is 5. The Morgan fingerprint density at radius 2 is 0.750 bits per heavy atom. The van der Waals surface area contributed by atoms with Crippen LogP contribution in [0.5, 0.6) is 0 Å². The number of amides is 5. The molecule has 0 bridgehead atoms. The maximum atomic E-state index is 13.9. The van der Waals surface area contributed by atoms with E-state index in [1.165, 1.54) is 75.5 Å². The second kappa shape index (κ2) is 49.1. The quantitative estimate of drug-likeness (QED) is 0.0254. The maximum absolute atomic E-state index is 13.9. The largest absolute Gasteiger partial charge is 0.394 e. The van der Waals surface area contributed by atoms with Gasteiger partial charge in [-0.2, -0.15) is 0 Å². The van der Waals surface area contributed by atoms with Crippen molar-refractivity contribution in [1.29, 1.82) is 0 Å². The Hall–Kier alpha value is -3.49. The molecule has 31 nitrogen and oxygen atoms in total. The molecule has 2 aliphatic heterocycles. The SMILES string of the molecule is CCCCCCCCCCCCCC(=O)NCC(NC(=O)CCCCCCCCCCCCC)C(=O)NCCN(CCNC(=O)C(O)C(O)C(O[C@@H]1O[C@H](CO)[C@H](O)[C@H](O)[C@H]1O)C(O)CO)CCNC(=O)C(O)C(O)C(O[C@@H]1O[C@H](CO)[C@H](O)[C@H](O)[C@H]1O)C(O)CO. The lowest BCUT2D eigenvalue weighted by Gasteiger charge is -2.42. The number of nitrogens with zero attached hydrogens (tertiary/aromatic N) is 1. The Bertz CT molecular complexity index is 1890. The molecule has 9 unspecified atom stereocenters. The zero-order valence-corrected chi connectivity index (χ0v) is 54.0. The van der Waals surface area contributed by atoms with E-state index in [9.17, 15) is 106 Å². The van der Waals surface area contributed by atoms with E-state index in [2.05, 4.69) is 40.4 Å². The first-order valence-electron chi connectivity index (χ1n) is 33.4. The highest BCUT2D eigenvalue weighted by Gasteiger charge is 2.49. The normalized spacial score (nSPS) is 24.8. The zero-order chi connectivity index (χ0) is 68.5. The summed E-state index contributed by atoms with van der Waals surface area (Å²) in [5.41, 5.74) is 0. The Morgan fingerprint density at radius 1 is 0.424 bits per heavy atom. The Kier molecular flexibility index (Phi) is 45.1. The van der Waals surface area contributed by atoms with E-state index in [4.69, 9.17) is 18.9 Å². The number of aliphatic hydroxyl groups excluding tert-OH is 16. The van der Waals surface area contributed by atoms with E-state index >= 15 is 0 Å². The molecule has 2 saturated heterocycles. The molecule has 0 saturated carbocycles. The van der Waals surface area contributed by atoms with Gasteiger partial charge in [0.2, 0.25) is 17.7 Å². The first-order chi connectivity index (χ1) is 44.0. The fourth-order valence-electron chi connectivity index (χ4n) is 10.7. The number of rotatable bonds is 53. The molecule has 21 N–H and O–H groups in total. The third kappa shape index (κ3) is 31.6. The van der Waals surface area contributed by atoms with Crippen LogP contribution in [-0.2, 0) is 42.9 Å². The minimum Gasteiger partial charge on any atom is -0.394 e. The van der Waals surface area contributed by atoms with Crippen LogP contribution in [0, 0.1) is 0 Å². The predicted octanol–water partition coefficient (Wildman–Crippen LogP) is -4.84. The number of carbonyl (C=O) groups is 5. The van der Waals surface area contributed by atoms with E-state index in [0.29, 0.717) is 12.8 Å². The third-order valence-electron chi connectivity index (χ3n) is 16.6. The summed E-state index contributed by atoms with van der Waals surface area (Å²) in [5.74, 6) is -3.94. The highest BCUT2D eigenvalue weighted by Crippen LogP contribution is 2.27. The van der Waals surface area contributed by atoms with Gasteiger partial charge in [0.15, 0.2) is 24.8 Å². The summed E-state index contributed by atoms with van der Waals surface area (Å²) in [4.78, 5) is 68.6. The molecule has 2 aliphatic rings. The van der Waals surface area contributed by atoms with Gasteiger partial charge < -0.3 is 127 Å². The molecule has 540 valence electrons. The number of hydrogen-bond donors (Lipinski definition) is 21. The van der Waals surface area contributed by atoms with Gasteiger partial charge in [0.1, 0.15) is 91.5 Å². The van der Waals surface area contributed by atoms with E-state index < -0.39 is 166 Å². The highest BCUT2D eigenvalue weighted by atomic mass is 16.7. The molecule has 2 heterocycles. The average Bonchev–Trinajstić information content (AvgIpc) is 0.834. The van der Waals surface area contributed by atoms with Crippen molar-refractivity contribution in [3.8, 4) is 0 Å². The number of hydrogen-bond acceptors (Lipinski definition) is 26. The molecule has 2 rings (SSSR count). The zero-order valence-electron chi connectivity index (χ0n) is 54.0. The van der Waals surface area contributed by atoms with Crippen molar-refractivity contribution in [3.05, 3.63) is 0 Å². The minimum absolute atomic E-state index is 0.0894.